The summed E-state index contributed by atoms with van der Waals surface area (Å²) in [6, 6.07) is 18.7. The number of hydrogen-bond donors (Lipinski definition) is 3. The molecule has 5 heteroatoms. The van der Waals surface area contributed by atoms with Crippen molar-refractivity contribution in [3.05, 3.63) is 60.2 Å². The second-order valence-corrected chi connectivity index (χ2v) is 9.45. The normalized spacial score (nSPS) is 27.4. The number of carbonyl (C=O) groups is 1. The minimum Gasteiger partial charge on any atom is -0.389 e. The van der Waals surface area contributed by atoms with Gasteiger partial charge in [0.2, 0.25) is 0 Å². The second kappa shape index (κ2) is 10.1. The summed E-state index contributed by atoms with van der Waals surface area (Å²) in [6.07, 6.45) is 4.95. The highest BCUT2D eigenvalue weighted by atomic mass is 16.3. The Morgan fingerprint density at radius 3 is 2.47 bits per heavy atom. The van der Waals surface area contributed by atoms with Crippen LogP contribution in [0.25, 0.3) is 0 Å². The molecule has 1 saturated carbocycles. The summed E-state index contributed by atoms with van der Waals surface area (Å²) in [5.41, 5.74) is 2.72. The molecule has 2 fully saturated rings. The van der Waals surface area contributed by atoms with Crippen molar-refractivity contribution in [2.45, 2.75) is 57.6 Å². The summed E-state index contributed by atoms with van der Waals surface area (Å²) in [6.45, 7) is 7.56. The molecule has 1 aliphatic heterocycles. The SMILES string of the molecule is CCN(CC)c1ccc([C@H]2[C@@H]3CCCC[C@]3(O)CC[NH+]2CC(=O)Nc2ccccc2)cc1. The zero-order chi connectivity index (χ0) is 22.6. The number of piperidine rings is 1. The molecule has 0 radical (unpaired) electrons. The van der Waals surface area contributed by atoms with Crippen LogP contribution in [0.5, 0.6) is 0 Å². The van der Waals surface area contributed by atoms with E-state index in [2.05, 4.69) is 48.3 Å². The zero-order valence-corrected chi connectivity index (χ0v) is 19.5. The highest BCUT2D eigenvalue weighted by Crippen LogP contribution is 2.44. The van der Waals surface area contributed by atoms with Gasteiger partial charge in [-0.1, -0.05) is 43.2 Å². The van der Waals surface area contributed by atoms with Crippen LogP contribution in [0.15, 0.2) is 54.6 Å². The van der Waals surface area contributed by atoms with Crippen LogP contribution in [0.2, 0.25) is 0 Å². The maximum atomic E-state index is 12.9. The van der Waals surface area contributed by atoms with E-state index in [1.165, 1.54) is 16.2 Å². The third-order valence-corrected chi connectivity index (χ3v) is 7.61. The highest BCUT2D eigenvalue weighted by Gasteiger charge is 2.51. The van der Waals surface area contributed by atoms with Crippen LogP contribution in [0.3, 0.4) is 0 Å². The Bertz CT molecular complexity index is 882. The number of nitrogens with one attached hydrogen (secondary N) is 2. The number of amides is 1. The maximum Gasteiger partial charge on any atom is 0.279 e. The Hall–Kier alpha value is -2.37. The van der Waals surface area contributed by atoms with Crippen LogP contribution in [0.4, 0.5) is 11.4 Å². The molecule has 1 heterocycles. The monoisotopic (exact) mass is 436 g/mol. The van der Waals surface area contributed by atoms with E-state index >= 15 is 0 Å². The van der Waals surface area contributed by atoms with E-state index in [-0.39, 0.29) is 17.9 Å². The van der Waals surface area contributed by atoms with Gasteiger partial charge in [-0.25, -0.2) is 0 Å². The fourth-order valence-electron chi connectivity index (χ4n) is 5.93. The van der Waals surface area contributed by atoms with Gasteiger partial charge in [-0.3, -0.25) is 4.79 Å². The van der Waals surface area contributed by atoms with E-state index in [1.807, 2.05) is 30.3 Å². The van der Waals surface area contributed by atoms with Crippen LogP contribution in [0, 0.1) is 5.92 Å². The predicted molar refractivity (Wildman–Crippen MR) is 130 cm³/mol. The van der Waals surface area contributed by atoms with Crippen LogP contribution in [-0.4, -0.2) is 42.8 Å². The van der Waals surface area contributed by atoms with Crippen LogP contribution < -0.4 is 15.1 Å². The molecule has 0 bridgehead atoms. The van der Waals surface area contributed by atoms with Gasteiger partial charge >= 0.3 is 0 Å². The van der Waals surface area contributed by atoms with Crippen molar-refractivity contribution >= 4 is 17.3 Å². The van der Waals surface area contributed by atoms with Crippen molar-refractivity contribution in [3.63, 3.8) is 0 Å². The summed E-state index contributed by atoms with van der Waals surface area (Å²) in [5, 5.41) is 14.6. The first-order chi connectivity index (χ1) is 15.5. The molecule has 3 N–H and O–H groups in total. The summed E-state index contributed by atoms with van der Waals surface area (Å²) in [5.74, 6) is 0.237. The van der Waals surface area contributed by atoms with Gasteiger partial charge in [0, 0.05) is 42.4 Å². The number of benzene rings is 2. The zero-order valence-electron chi connectivity index (χ0n) is 19.5. The Kier molecular flexibility index (Phi) is 7.17. The van der Waals surface area contributed by atoms with E-state index in [0.717, 1.165) is 57.4 Å². The molecule has 0 aromatic heterocycles. The number of rotatable bonds is 7. The lowest BCUT2D eigenvalue weighted by molar-refractivity contribution is -0.937. The average molecular weight is 437 g/mol. The number of anilines is 2. The van der Waals surface area contributed by atoms with Gasteiger partial charge < -0.3 is 20.2 Å². The Labute approximate surface area is 192 Å². The van der Waals surface area contributed by atoms with Crippen LogP contribution in [0.1, 0.15) is 57.6 Å². The molecule has 4 rings (SSSR count). The summed E-state index contributed by atoms with van der Waals surface area (Å²) in [7, 11) is 0. The minimum atomic E-state index is -0.597. The molecule has 1 aliphatic carbocycles. The first kappa shape index (κ1) is 22.8. The quantitative estimate of drug-likeness (QED) is 0.623. The maximum absolute atomic E-state index is 12.9. The standard InChI is InChI=1S/C27H37N3O2/c1-3-29(4-2)23-15-13-21(14-16-23)26-24-12-8-9-17-27(24,32)18-19-30(26)20-25(31)28-22-10-6-5-7-11-22/h5-7,10-11,13-16,24,26,32H,3-4,8-9,12,17-20H2,1-2H3,(H,28,31)/p+1/t24-,26-,27-/m0/s1. The van der Waals surface area contributed by atoms with Crippen molar-refractivity contribution in [1.82, 2.24) is 0 Å². The molecule has 4 atom stereocenters. The lowest BCUT2D eigenvalue weighted by Crippen LogP contribution is -3.16. The van der Waals surface area contributed by atoms with Crippen molar-refractivity contribution in [2.75, 3.05) is 36.4 Å². The number of carbonyl (C=O) groups excluding carboxylic acids is 1. The first-order valence-electron chi connectivity index (χ1n) is 12.3. The molecule has 5 nitrogen and oxygen atoms in total. The van der Waals surface area contributed by atoms with Gasteiger partial charge in [-0.05, 0) is 51.0 Å². The largest absolute Gasteiger partial charge is 0.389 e. The van der Waals surface area contributed by atoms with Crippen LogP contribution in [-0.2, 0) is 4.79 Å². The summed E-state index contributed by atoms with van der Waals surface area (Å²) in [4.78, 5) is 16.5. The van der Waals surface area contributed by atoms with Gasteiger partial charge in [0.25, 0.3) is 5.91 Å². The fraction of sp³-hybridized carbons (Fsp3) is 0.519. The minimum absolute atomic E-state index is 0.0391. The molecule has 2 aromatic carbocycles. The van der Waals surface area contributed by atoms with Gasteiger partial charge in [-0.2, -0.15) is 0 Å². The smallest absolute Gasteiger partial charge is 0.279 e. The molecule has 0 spiro atoms. The van der Waals surface area contributed by atoms with E-state index in [1.54, 1.807) is 0 Å². The number of fused-ring (bicyclic) bond motifs is 1. The molecule has 32 heavy (non-hydrogen) atoms. The topological polar surface area (TPSA) is 57.0 Å². The molecular weight excluding hydrogens is 398 g/mol. The summed E-state index contributed by atoms with van der Waals surface area (Å²) < 4.78 is 0. The molecule has 172 valence electrons. The second-order valence-electron chi connectivity index (χ2n) is 9.45. The van der Waals surface area contributed by atoms with Gasteiger partial charge in [0.15, 0.2) is 6.54 Å². The molecule has 1 unspecified atom stereocenters. The van der Waals surface area contributed by atoms with Crippen molar-refractivity contribution in [2.24, 2.45) is 5.92 Å². The number of likely N-dealkylation sites (tertiary alicyclic amines) is 1. The number of aliphatic hydroxyl groups is 1. The Balaban J connectivity index is 1.58. The number of para-hydroxylation sites is 1. The van der Waals surface area contributed by atoms with E-state index in [0.29, 0.717) is 6.54 Å². The molecule has 2 aromatic rings. The Morgan fingerprint density at radius 1 is 1.06 bits per heavy atom. The van der Waals surface area contributed by atoms with E-state index in [9.17, 15) is 9.90 Å². The lowest BCUT2D eigenvalue weighted by atomic mass is 9.66. The highest BCUT2D eigenvalue weighted by molar-refractivity contribution is 5.91. The molecule has 1 amide bonds. The van der Waals surface area contributed by atoms with E-state index < -0.39 is 5.60 Å². The number of hydrogen-bond acceptors (Lipinski definition) is 3. The molecule has 1 saturated heterocycles. The van der Waals surface area contributed by atoms with Crippen LogP contribution >= 0.6 is 0 Å². The Morgan fingerprint density at radius 2 is 1.78 bits per heavy atom. The fourth-order valence-corrected chi connectivity index (χ4v) is 5.93. The average Bonchev–Trinajstić information content (AvgIpc) is 2.81. The van der Waals surface area contributed by atoms with Crippen molar-refractivity contribution in [3.8, 4) is 0 Å². The third-order valence-electron chi connectivity index (χ3n) is 7.61. The molecule has 2 aliphatic rings. The first-order valence-corrected chi connectivity index (χ1v) is 12.3. The number of nitrogens with zero attached hydrogens (tertiary/aromatic N) is 1. The van der Waals surface area contributed by atoms with Gasteiger partial charge in [0.05, 0.1) is 12.1 Å². The lowest BCUT2D eigenvalue weighted by Gasteiger charge is -2.50. The third kappa shape index (κ3) is 4.84. The van der Waals surface area contributed by atoms with Crippen molar-refractivity contribution in [1.29, 1.82) is 0 Å². The number of quaternary nitrogens is 1. The van der Waals surface area contributed by atoms with Crippen molar-refractivity contribution < 1.29 is 14.8 Å². The molecular formula is C27H38N3O2+. The van der Waals surface area contributed by atoms with E-state index in [4.69, 9.17) is 0 Å². The predicted octanol–water partition coefficient (Wildman–Crippen LogP) is 3.42. The summed E-state index contributed by atoms with van der Waals surface area (Å²) >= 11 is 0. The van der Waals surface area contributed by atoms with Gasteiger partial charge in [-0.15, -0.1) is 0 Å². The van der Waals surface area contributed by atoms with Gasteiger partial charge in [0.1, 0.15) is 6.04 Å².